The number of halogens is 4. The van der Waals surface area contributed by atoms with Gasteiger partial charge in [0.25, 0.3) is 5.91 Å². The van der Waals surface area contributed by atoms with E-state index >= 15 is 0 Å². The summed E-state index contributed by atoms with van der Waals surface area (Å²) in [5.41, 5.74) is -0.787. The van der Waals surface area contributed by atoms with E-state index in [-0.39, 0.29) is 10.6 Å². The predicted molar refractivity (Wildman–Crippen MR) is 130 cm³/mol. The van der Waals surface area contributed by atoms with Crippen LogP contribution in [0, 0.1) is 11.3 Å². The molecule has 186 valence electrons. The molecule has 0 N–H and O–H groups in total. The molecule has 0 bridgehead atoms. The lowest BCUT2D eigenvalue weighted by Crippen LogP contribution is -2.38. The molecule has 1 amide bonds. The fourth-order valence-corrected chi connectivity index (χ4v) is 4.29. The molecule has 12 heteroatoms. The number of carbonyl (C=O) groups is 1. The summed E-state index contributed by atoms with van der Waals surface area (Å²) in [6.45, 7) is 2.02. The molecule has 0 saturated carbocycles. The lowest BCUT2D eigenvalue weighted by molar-refractivity contribution is -0.137. The Labute approximate surface area is 207 Å². The minimum absolute atomic E-state index is 0.164. The molecule has 2 heterocycles. The molecular formula is C23H24ClF3N6OS. The molecule has 1 unspecified atom stereocenters. The standard InChI is InChI=1S/C23H24ClF3N6OS/c1-15(21-30-14-31-33(21)20-6-5-16(12-28)13-29-20)32(7-8-35(2,3)4)22(34)17-9-18(23(25,26)27)11-19(24)10-17/h5-6,9-11,13-15H,7-8H2,1-4H3. The van der Waals surface area contributed by atoms with Gasteiger partial charge < -0.3 is 4.90 Å². The molecule has 7 nitrogen and oxygen atoms in total. The van der Waals surface area contributed by atoms with Crippen LogP contribution in [0.5, 0.6) is 0 Å². The lowest BCUT2D eigenvalue weighted by atomic mass is 10.1. The SMILES string of the molecule is CC(c1ncnn1-c1ccc(C#N)cn1)N(CCS(C)(C)C)C(=O)c1cc(Cl)cc(C(F)(F)F)c1. The van der Waals surface area contributed by atoms with E-state index < -0.39 is 33.7 Å². The van der Waals surface area contributed by atoms with Crippen molar-refractivity contribution in [1.29, 1.82) is 5.26 Å². The molecule has 0 aliphatic rings. The first-order chi connectivity index (χ1) is 16.3. The van der Waals surface area contributed by atoms with E-state index in [2.05, 4.69) is 33.8 Å². The largest absolute Gasteiger partial charge is 0.416 e. The summed E-state index contributed by atoms with van der Waals surface area (Å²) in [4.78, 5) is 23.6. The highest BCUT2D eigenvalue weighted by molar-refractivity contribution is 8.32. The molecule has 3 aromatic rings. The van der Waals surface area contributed by atoms with Crippen molar-refractivity contribution in [2.24, 2.45) is 0 Å². The minimum Gasteiger partial charge on any atom is -0.328 e. The average molecular weight is 525 g/mol. The highest BCUT2D eigenvalue weighted by atomic mass is 35.5. The summed E-state index contributed by atoms with van der Waals surface area (Å²) in [6, 6.07) is 7.34. The smallest absolute Gasteiger partial charge is 0.328 e. The quantitative estimate of drug-likeness (QED) is 0.429. The summed E-state index contributed by atoms with van der Waals surface area (Å²) in [6.07, 6.45) is 4.32. The molecule has 0 aliphatic heterocycles. The highest BCUT2D eigenvalue weighted by Crippen LogP contribution is 2.36. The van der Waals surface area contributed by atoms with Gasteiger partial charge in [-0.05, 0) is 61.8 Å². The number of nitrogens with zero attached hydrogens (tertiary/aromatic N) is 6. The molecule has 1 atom stereocenters. The summed E-state index contributed by atoms with van der Waals surface area (Å²) in [5, 5.41) is 13.0. The Hall–Kier alpha value is -3.10. The lowest BCUT2D eigenvalue weighted by Gasteiger charge is -2.33. The fraction of sp³-hybridized carbons (Fsp3) is 0.348. The third-order valence-electron chi connectivity index (χ3n) is 5.19. The Morgan fingerprint density at radius 3 is 2.51 bits per heavy atom. The Balaban J connectivity index is 2.03. The van der Waals surface area contributed by atoms with Gasteiger partial charge in [-0.25, -0.2) is 20.0 Å². The van der Waals surface area contributed by atoms with Crippen LogP contribution in [0.25, 0.3) is 5.82 Å². The van der Waals surface area contributed by atoms with Crippen LogP contribution in [0.3, 0.4) is 0 Å². The number of rotatable bonds is 7. The first-order valence-corrected chi connectivity index (χ1v) is 13.8. The molecule has 1 aromatic carbocycles. The third kappa shape index (κ3) is 6.52. The van der Waals surface area contributed by atoms with Crippen molar-refractivity contribution in [3.05, 3.63) is 70.4 Å². The average Bonchev–Trinajstić information content (AvgIpc) is 3.27. The van der Waals surface area contributed by atoms with Crippen molar-refractivity contribution in [3.8, 4) is 11.9 Å². The van der Waals surface area contributed by atoms with Crippen LogP contribution in [-0.2, 0) is 6.18 Å². The zero-order chi connectivity index (χ0) is 26.0. The Morgan fingerprint density at radius 1 is 1.23 bits per heavy atom. The van der Waals surface area contributed by atoms with E-state index in [1.807, 2.05) is 6.07 Å². The van der Waals surface area contributed by atoms with Crippen LogP contribution in [0.15, 0.2) is 42.9 Å². The molecule has 3 rings (SSSR count). The van der Waals surface area contributed by atoms with Gasteiger partial charge in [0.05, 0.1) is 17.2 Å². The van der Waals surface area contributed by atoms with Crippen LogP contribution < -0.4 is 0 Å². The maximum absolute atomic E-state index is 13.6. The van der Waals surface area contributed by atoms with Gasteiger partial charge in [0, 0.05) is 23.3 Å². The predicted octanol–water partition coefficient (Wildman–Crippen LogP) is 5.10. The van der Waals surface area contributed by atoms with Gasteiger partial charge in [-0.3, -0.25) is 4.79 Å². The van der Waals surface area contributed by atoms with Crippen molar-refractivity contribution in [2.45, 2.75) is 19.1 Å². The summed E-state index contributed by atoms with van der Waals surface area (Å²) < 4.78 is 41.5. The van der Waals surface area contributed by atoms with Crippen LogP contribution in [-0.4, -0.2) is 61.6 Å². The van der Waals surface area contributed by atoms with Gasteiger partial charge in [-0.2, -0.15) is 28.2 Å². The molecule has 0 aliphatic carbocycles. The Kier molecular flexibility index (Phi) is 7.77. The number of amides is 1. The summed E-state index contributed by atoms with van der Waals surface area (Å²) >= 11 is 5.94. The van der Waals surface area contributed by atoms with Crippen molar-refractivity contribution < 1.29 is 18.0 Å². The second-order valence-corrected chi connectivity index (χ2v) is 13.8. The Bertz CT molecular complexity index is 1250. The van der Waals surface area contributed by atoms with Crippen molar-refractivity contribution >= 4 is 27.5 Å². The van der Waals surface area contributed by atoms with Crippen LogP contribution in [0.2, 0.25) is 5.02 Å². The molecule has 0 fully saturated rings. The zero-order valence-corrected chi connectivity index (χ0v) is 21.1. The minimum atomic E-state index is -4.65. The monoisotopic (exact) mass is 524 g/mol. The number of benzene rings is 1. The van der Waals surface area contributed by atoms with Crippen molar-refractivity contribution in [1.82, 2.24) is 24.6 Å². The van der Waals surface area contributed by atoms with Crippen LogP contribution in [0.1, 0.15) is 40.3 Å². The number of aromatic nitrogens is 4. The topological polar surface area (TPSA) is 87.7 Å². The number of nitriles is 1. The number of alkyl halides is 3. The molecule has 0 saturated heterocycles. The molecule has 0 radical (unpaired) electrons. The summed E-state index contributed by atoms with van der Waals surface area (Å²) in [5.74, 6) is 0.826. The number of carbonyl (C=O) groups excluding carboxylic acids is 1. The second kappa shape index (κ2) is 10.3. The number of hydrogen-bond donors (Lipinski definition) is 0. The van der Waals surface area contributed by atoms with E-state index in [9.17, 15) is 18.0 Å². The van der Waals surface area contributed by atoms with Gasteiger partial charge in [0.2, 0.25) is 0 Å². The van der Waals surface area contributed by atoms with Gasteiger partial charge >= 0.3 is 6.18 Å². The van der Waals surface area contributed by atoms with E-state index in [1.165, 1.54) is 28.2 Å². The summed E-state index contributed by atoms with van der Waals surface area (Å²) in [7, 11) is -1.03. The molecule has 35 heavy (non-hydrogen) atoms. The van der Waals surface area contributed by atoms with Crippen molar-refractivity contribution in [2.75, 3.05) is 31.1 Å². The first kappa shape index (κ1) is 26.5. The molecule has 2 aromatic heterocycles. The second-order valence-electron chi connectivity index (χ2n) is 8.74. The van der Waals surface area contributed by atoms with Gasteiger partial charge in [-0.15, -0.1) is 0 Å². The van der Waals surface area contributed by atoms with E-state index in [1.54, 1.807) is 19.1 Å². The van der Waals surface area contributed by atoms with Gasteiger partial charge in [0.15, 0.2) is 11.6 Å². The van der Waals surface area contributed by atoms with Crippen LogP contribution >= 0.6 is 21.6 Å². The third-order valence-corrected chi connectivity index (χ3v) is 6.81. The maximum Gasteiger partial charge on any atom is 0.416 e. The molecule has 0 spiro atoms. The van der Waals surface area contributed by atoms with Gasteiger partial charge in [0.1, 0.15) is 12.4 Å². The van der Waals surface area contributed by atoms with Gasteiger partial charge in [-0.1, -0.05) is 11.6 Å². The van der Waals surface area contributed by atoms with E-state index in [0.29, 0.717) is 29.5 Å². The zero-order valence-electron chi connectivity index (χ0n) is 19.5. The highest BCUT2D eigenvalue weighted by Gasteiger charge is 2.33. The first-order valence-electron chi connectivity index (χ1n) is 10.4. The normalized spacial score (nSPS) is 13.2. The van der Waals surface area contributed by atoms with Crippen molar-refractivity contribution in [3.63, 3.8) is 0 Å². The maximum atomic E-state index is 13.6. The van der Waals surface area contributed by atoms with E-state index in [0.717, 1.165) is 12.1 Å². The molecular weight excluding hydrogens is 501 g/mol. The van der Waals surface area contributed by atoms with E-state index in [4.69, 9.17) is 16.9 Å². The van der Waals surface area contributed by atoms with Crippen LogP contribution in [0.4, 0.5) is 13.2 Å². The Morgan fingerprint density at radius 2 is 1.94 bits per heavy atom. The number of pyridine rings is 1. The number of hydrogen-bond acceptors (Lipinski definition) is 5. The fourth-order valence-electron chi connectivity index (χ4n) is 3.31.